The minimum atomic E-state index is -0.988. The number of ether oxygens (including phenoxy) is 1. The molecule has 10 nitrogen and oxygen atoms in total. The van der Waals surface area contributed by atoms with Crippen LogP contribution in [0.1, 0.15) is 42.3 Å². The van der Waals surface area contributed by atoms with E-state index in [0.717, 1.165) is 11.6 Å². The molecule has 0 saturated carbocycles. The number of amides is 2. The Balaban J connectivity index is 1.51. The first kappa shape index (κ1) is 30.1. The van der Waals surface area contributed by atoms with E-state index in [4.69, 9.17) is 16.3 Å². The Labute approximate surface area is 246 Å². The van der Waals surface area contributed by atoms with E-state index in [0.29, 0.717) is 11.3 Å². The van der Waals surface area contributed by atoms with Gasteiger partial charge < -0.3 is 15.4 Å². The number of carbonyl (C=O) groups is 3. The van der Waals surface area contributed by atoms with Gasteiger partial charge in [-0.3, -0.25) is 9.59 Å². The molecular weight excluding hydrogens is 563 g/mol. The van der Waals surface area contributed by atoms with Crippen LogP contribution in [-0.2, 0) is 20.7 Å². The molecule has 1 aromatic heterocycles. The zero-order valence-corrected chi connectivity index (χ0v) is 23.8. The van der Waals surface area contributed by atoms with Crippen molar-refractivity contribution in [3.63, 3.8) is 0 Å². The standard InChI is InChI=1S/C30H28ClFN6O4/c1-30(2,3)42-29(41)20-9-11-21(12-10-20)34-28(40)24(17-19-7-5-4-6-8-19)35-26(39)16-13-22-25(38-18-33-36-37-38)15-14-23(31)27(22)32/h4-16,18,24H,17H2,1-3H3,(H,34,40)(H,35,39)/b16-13+/t24-/m0/s1. The van der Waals surface area contributed by atoms with E-state index in [9.17, 15) is 18.8 Å². The predicted octanol–water partition coefficient (Wildman–Crippen LogP) is 4.79. The summed E-state index contributed by atoms with van der Waals surface area (Å²) in [4.78, 5) is 38.6. The van der Waals surface area contributed by atoms with Crippen LogP contribution in [0.4, 0.5) is 10.1 Å². The van der Waals surface area contributed by atoms with Gasteiger partial charge in [0.15, 0.2) is 5.82 Å². The summed E-state index contributed by atoms with van der Waals surface area (Å²) in [6.07, 6.45) is 3.80. The van der Waals surface area contributed by atoms with Crippen molar-refractivity contribution in [3.05, 3.63) is 107 Å². The minimum absolute atomic E-state index is 0.0147. The number of anilines is 1. The molecule has 0 aliphatic carbocycles. The lowest BCUT2D eigenvalue weighted by Crippen LogP contribution is -2.44. The van der Waals surface area contributed by atoms with Crippen molar-refractivity contribution in [3.8, 4) is 5.69 Å². The van der Waals surface area contributed by atoms with E-state index in [-0.39, 0.29) is 22.7 Å². The predicted molar refractivity (Wildman–Crippen MR) is 155 cm³/mol. The second-order valence-electron chi connectivity index (χ2n) is 10.2. The number of hydrogen-bond acceptors (Lipinski definition) is 7. The fraction of sp³-hybridized carbons (Fsp3) is 0.200. The summed E-state index contributed by atoms with van der Waals surface area (Å²) in [5, 5.41) is 16.2. The third-order valence-corrected chi connectivity index (χ3v) is 6.10. The van der Waals surface area contributed by atoms with Gasteiger partial charge in [0.05, 0.1) is 16.3 Å². The number of nitrogens with one attached hydrogen (secondary N) is 2. The Morgan fingerprint density at radius 2 is 1.76 bits per heavy atom. The molecular formula is C30H28ClFN6O4. The summed E-state index contributed by atoms with van der Waals surface area (Å²) in [6.45, 7) is 5.32. The van der Waals surface area contributed by atoms with Gasteiger partial charge in [0.2, 0.25) is 11.8 Å². The van der Waals surface area contributed by atoms with E-state index in [2.05, 4.69) is 26.2 Å². The molecule has 42 heavy (non-hydrogen) atoms. The molecule has 0 aliphatic rings. The zero-order valence-electron chi connectivity index (χ0n) is 23.0. The molecule has 0 aliphatic heterocycles. The molecule has 3 aromatic carbocycles. The Kier molecular flexibility index (Phi) is 9.43. The number of benzene rings is 3. The van der Waals surface area contributed by atoms with Gasteiger partial charge in [-0.1, -0.05) is 41.9 Å². The van der Waals surface area contributed by atoms with Gasteiger partial charge in [0.1, 0.15) is 18.0 Å². The van der Waals surface area contributed by atoms with Crippen LogP contribution in [0.2, 0.25) is 5.02 Å². The van der Waals surface area contributed by atoms with Gasteiger partial charge in [-0.2, -0.15) is 4.68 Å². The third kappa shape index (κ3) is 8.07. The number of aromatic nitrogens is 4. The molecule has 2 amide bonds. The SMILES string of the molecule is CC(C)(C)OC(=O)c1ccc(NC(=O)[C@H](Cc2ccccc2)NC(=O)/C=C/c2c(-n3cnnn3)ccc(Cl)c2F)cc1. The van der Waals surface area contributed by atoms with E-state index in [1.54, 1.807) is 45.0 Å². The van der Waals surface area contributed by atoms with Crippen LogP contribution in [-0.4, -0.2) is 49.6 Å². The molecule has 0 fully saturated rings. The highest BCUT2D eigenvalue weighted by Crippen LogP contribution is 2.25. The maximum Gasteiger partial charge on any atom is 0.338 e. The molecule has 0 unspecified atom stereocenters. The highest BCUT2D eigenvalue weighted by molar-refractivity contribution is 6.31. The number of hydrogen-bond donors (Lipinski definition) is 2. The third-order valence-electron chi connectivity index (χ3n) is 5.81. The first-order valence-corrected chi connectivity index (χ1v) is 13.3. The maximum absolute atomic E-state index is 14.9. The normalized spacial score (nSPS) is 12.1. The smallest absolute Gasteiger partial charge is 0.338 e. The van der Waals surface area contributed by atoms with Crippen LogP contribution in [0, 0.1) is 5.82 Å². The molecule has 12 heteroatoms. The van der Waals surface area contributed by atoms with Crippen molar-refractivity contribution in [2.45, 2.75) is 38.8 Å². The van der Waals surface area contributed by atoms with Crippen LogP contribution in [0.15, 0.2) is 79.1 Å². The van der Waals surface area contributed by atoms with Crippen molar-refractivity contribution in [2.75, 3.05) is 5.32 Å². The Morgan fingerprint density at radius 3 is 2.40 bits per heavy atom. The fourth-order valence-electron chi connectivity index (χ4n) is 3.88. The highest BCUT2D eigenvalue weighted by atomic mass is 35.5. The van der Waals surface area contributed by atoms with Crippen molar-refractivity contribution in [1.29, 1.82) is 0 Å². The summed E-state index contributed by atoms with van der Waals surface area (Å²) in [6, 6.07) is 17.2. The second kappa shape index (κ2) is 13.2. The summed E-state index contributed by atoms with van der Waals surface area (Å²) in [7, 11) is 0. The number of esters is 1. The van der Waals surface area contributed by atoms with Gasteiger partial charge in [-0.25, -0.2) is 9.18 Å². The molecule has 2 N–H and O–H groups in total. The van der Waals surface area contributed by atoms with Gasteiger partial charge >= 0.3 is 5.97 Å². The summed E-state index contributed by atoms with van der Waals surface area (Å²) >= 11 is 5.96. The van der Waals surface area contributed by atoms with Crippen molar-refractivity contribution < 1.29 is 23.5 Å². The number of rotatable bonds is 9. The second-order valence-corrected chi connectivity index (χ2v) is 10.6. The maximum atomic E-state index is 14.9. The minimum Gasteiger partial charge on any atom is -0.456 e. The molecule has 0 spiro atoms. The molecule has 1 atom stereocenters. The molecule has 4 rings (SSSR count). The average molecular weight is 591 g/mol. The number of halogens is 2. The summed E-state index contributed by atoms with van der Waals surface area (Å²) < 4.78 is 21.5. The van der Waals surface area contributed by atoms with E-state index >= 15 is 0 Å². The lowest BCUT2D eigenvalue weighted by Gasteiger charge is -2.20. The lowest BCUT2D eigenvalue weighted by atomic mass is 10.0. The number of carbonyl (C=O) groups excluding carboxylic acids is 3. The summed E-state index contributed by atoms with van der Waals surface area (Å²) in [5.74, 6) is -2.38. The van der Waals surface area contributed by atoms with Crippen LogP contribution in [0.3, 0.4) is 0 Å². The Morgan fingerprint density at radius 1 is 1.05 bits per heavy atom. The van der Waals surface area contributed by atoms with Gasteiger partial charge in [0, 0.05) is 23.7 Å². The van der Waals surface area contributed by atoms with E-state index in [1.165, 1.54) is 29.2 Å². The number of tetrazole rings is 1. The van der Waals surface area contributed by atoms with Crippen LogP contribution in [0.25, 0.3) is 11.8 Å². The fourth-order valence-corrected chi connectivity index (χ4v) is 4.04. The van der Waals surface area contributed by atoms with Crippen LogP contribution in [0.5, 0.6) is 0 Å². The van der Waals surface area contributed by atoms with Crippen molar-refractivity contribution in [1.82, 2.24) is 25.5 Å². The molecule has 4 aromatic rings. The van der Waals surface area contributed by atoms with Gasteiger partial charge in [-0.15, -0.1) is 5.10 Å². The first-order chi connectivity index (χ1) is 20.0. The molecule has 0 saturated heterocycles. The average Bonchev–Trinajstić information content (AvgIpc) is 3.48. The molecule has 216 valence electrons. The first-order valence-electron chi connectivity index (χ1n) is 12.9. The summed E-state index contributed by atoms with van der Waals surface area (Å²) in [5.41, 5.74) is 1.16. The van der Waals surface area contributed by atoms with Gasteiger partial charge in [-0.05, 0) is 79.2 Å². The zero-order chi connectivity index (χ0) is 30.3. The Hall–Kier alpha value is -4.90. The van der Waals surface area contributed by atoms with Crippen LogP contribution < -0.4 is 10.6 Å². The highest BCUT2D eigenvalue weighted by Gasteiger charge is 2.22. The monoisotopic (exact) mass is 590 g/mol. The van der Waals surface area contributed by atoms with Crippen molar-refractivity contribution >= 4 is 41.1 Å². The van der Waals surface area contributed by atoms with Crippen molar-refractivity contribution in [2.24, 2.45) is 0 Å². The lowest BCUT2D eigenvalue weighted by molar-refractivity contribution is -0.123. The van der Waals surface area contributed by atoms with Gasteiger partial charge in [0.25, 0.3) is 0 Å². The van der Waals surface area contributed by atoms with E-state index < -0.39 is 35.2 Å². The largest absolute Gasteiger partial charge is 0.456 e. The quantitative estimate of drug-likeness (QED) is 0.212. The van der Waals surface area contributed by atoms with E-state index in [1.807, 2.05) is 30.3 Å². The van der Waals surface area contributed by atoms with Crippen LogP contribution >= 0.6 is 11.6 Å². The molecule has 1 heterocycles. The Bertz CT molecular complexity index is 1590. The topological polar surface area (TPSA) is 128 Å². The molecule has 0 radical (unpaired) electrons. The number of nitrogens with zero attached hydrogens (tertiary/aromatic N) is 4. The molecule has 0 bridgehead atoms.